The van der Waals surface area contributed by atoms with E-state index in [2.05, 4.69) is 5.32 Å². The molecule has 0 saturated carbocycles. The van der Waals surface area contributed by atoms with Crippen LogP contribution >= 0.6 is 0 Å². The van der Waals surface area contributed by atoms with Gasteiger partial charge in [0.15, 0.2) is 0 Å². The molecule has 4 rings (SSSR count). The molecule has 0 radical (unpaired) electrons. The number of likely N-dealkylation sites (tertiary alicyclic amines) is 2. The van der Waals surface area contributed by atoms with Gasteiger partial charge in [0.2, 0.25) is 11.8 Å². The van der Waals surface area contributed by atoms with E-state index in [1.165, 1.54) is 9.80 Å². The van der Waals surface area contributed by atoms with Gasteiger partial charge in [-0.05, 0) is 43.4 Å². The van der Waals surface area contributed by atoms with Crippen LogP contribution in [0.4, 0.5) is 0 Å². The van der Waals surface area contributed by atoms with Crippen molar-refractivity contribution in [2.45, 2.75) is 50.2 Å². The van der Waals surface area contributed by atoms with Crippen LogP contribution in [-0.4, -0.2) is 69.8 Å². The number of hydrogen-bond donors (Lipinski definition) is 2. The van der Waals surface area contributed by atoms with E-state index in [9.17, 15) is 24.3 Å². The topological polar surface area (TPSA) is 107 Å². The molecule has 0 aromatic heterocycles. The van der Waals surface area contributed by atoms with Crippen molar-refractivity contribution in [3.63, 3.8) is 0 Å². The van der Waals surface area contributed by atoms with Gasteiger partial charge in [0.05, 0.1) is 0 Å². The predicted octanol–water partition coefficient (Wildman–Crippen LogP) is -0.789. The van der Waals surface area contributed by atoms with Gasteiger partial charge in [0.25, 0.3) is 5.91 Å². The van der Waals surface area contributed by atoms with Gasteiger partial charge in [-0.2, -0.15) is 0 Å². The molecule has 0 bridgehead atoms. The summed E-state index contributed by atoms with van der Waals surface area (Å²) >= 11 is 0. The zero-order valence-electron chi connectivity index (χ0n) is 20.9. The number of nitrogens with zero attached hydrogens (tertiary/aromatic N) is 2. The number of carbonyl (C=O) groups excluding carboxylic acids is 3. The number of amides is 3. The Bertz CT molecular complexity index is 1060. The van der Waals surface area contributed by atoms with Crippen LogP contribution in [0.3, 0.4) is 0 Å². The predicted molar refractivity (Wildman–Crippen MR) is 126 cm³/mol. The molecule has 9 heteroatoms. The van der Waals surface area contributed by atoms with E-state index >= 15 is 0 Å². The molecule has 0 unspecified atom stereocenters. The van der Waals surface area contributed by atoms with Gasteiger partial charge < -0.3 is 21.6 Å². The molecule has 2 aromatic carbocycles. The zero-order chi connectivity index (χ0) is 24.1. The van der Waals surface area contributed by atoms with E-state index < -0.39 is 24.1 Å². The van der Waals surface area contributed by atoms with Crippen LogP contribution in [0, 0.1) is 0 Å². The second-order valence-corrected chi connectivity index (χ2v) is 8.80. The van der Waals surface area contributed by atoms with E-state index in [0.29, 0.717) is 44.3 Å². The molecule has 2 aliphatic heterocycles. The van der Waals surface area contributed by atoms with Gasteiger partial charge in [-0.25, -0.2) is 4.79 Å². The van der Waals surface area contributed by atoms with E-state index in [1.807, 2.05) is 36.4 Å². The zero-order valence-corrected chi connectivity index (χ0v) is 21.9. The minimum Gasteiger partial charge on any atom is -1.00 e. The molecule has 2 N–H and O–H groups in total. The van der Waals surface area contributed by atoms with Gasteiger partial charge in [0.1, 0.15) is 18.1 Å². The molecule has 0 aliphatic carbocycles. The molecule has 8 nitrogen and oxygen atoms in total. The standard InChI is InChI=1S/C26H29N3O5.Na.H/c30-23(19-11-5-2-6-12-19)27-20(17-18-9-3-1-4-10-18)24(31)28-15-7-13-21(28)25(32)29-16-8-14-22(29)26(33)34;;/h1-6,9-12,20-22H,7-8,13-17H2,(H,27,30)(H,33,34);;/q;+1;-1/t20-,21-,22-;;/m0../s1. The van der Waals surface area contributed by atoms with Crippen molar-refractivity contribution in [3.8, 4) is 0 Å². The quantitative estimate of drug-likeness (QED) is 0.498. The molecule has 2 saturated heterocycles. The molecule has 2 aromatic rings. The first kappa shape index (κ1) is 26.9. The summed E-state index contributed by atoms with van der Waals surface area (Å²) < 4.78 is 0. The number of carbonyl (C=O) groups is 4. The summed E-state index contributed by atoms with van der Waals surface area (Å²) in [6.45, 7) is 0.778. The number of nitrogens with one attached hydrogen (secondary N) is 1. The van der Waals surface area contributed by atoms with Crippen LogP contribution in [-0.2, 0) is 20.8 Å². The van der Waals surface area contributed by atoms with Crippen molar-refractivity contribution >= 4 is 23.7 Å². The fraction of sp³-hybridized carbons (Fsp3) is 0.385. The Morgan fingerprint density at radius 1 is 0.886 bits per heavy atom. The van der Waals surface area contributed by atoms with Crippen molar-refractivity contribution in [2.24, 2.45) is 0 Å². The average Bonchev–Trinajstić information content (AvgIpc) is 3.54. The molecule has 2 aliphatic rings. The Morgan fingerprint density at radius 3 is 2.09 bits per heavy atom. The monoisotopic (exact) mass is 487 g/mol. The third kappa shape index (κ3) is 6.31. The Hall–Kier alpha value is -2.68. The Morgan fingerprint density at radius 2 is 1.46 bits per heavy atom. The van der Waals surface area contributed by atoms with Gasteiger partial charge in [-0.15, -0.1) is 0 Å². The number of carboxylic acid groups (broad SMARTS) is 1. The maximum absolute atomic E-state index is 13.7. The first-order chi connectivity index (χ1) is 16.5. The normalized spacial score (nSPS) is 20.1. The number of hydrogen-bond acceptors (Lipinski definition) is 4. The first-order valence-electron chi connectivity index (χ1n) is 11.7. The van der Waals surface area contributed by atoms with Crippen LogP contribution in [0.25, 0.3) is 0 Å². The van der Waals surface area contributed by atoms with Crippen molar-refractivity contribution in [2.75, 3.05) is 13.1 Å². The molecule has 2 fully saturated rings. The van der Waals surface area contributed by atoms with Crippen molar-refractivity contribution in [1.29, 1.82) is 0 Å². The third-order valence-electron chi connectivity index (χ3n) is 6.56. The maximum Gasteiger partial charge on any atom is 1.00 e. The molecule has 35 heavy (non-hydrogen) atoms. The van der Waals surface area contributed by atoms with Crippen molar-refractivity contribution < 1.29 is 55.3 Å². The number of carboxylic acids is 1. The number of benzene rings is 2. The first-order valence-corrected chi connectivity index (χ1v) is 11.7. The smallest absolute Gasteiger partial charge is 1.00 e. The van der Waals surface area contributed by atoms with Gasteiger partial charge in [-0.1, -0.05) is 48.5 Å². The van der Waals surface area contributed by atoms with E-state index in [0.717, 1.165) is 5.56 Å². The minimum absolute atomic E-state index is 0. The molecule has 3 amide bonds. The average molecular weight is 488 g/mol. The Kier molecular flexibility index (Phi) is 9.48. The molecular weight excluding hydrogens is 457 g/mol. The van der Waals surface area contributed by atoms with Crippen LogP contribution in [0.15, 0.2) is 60.7 Å². The largest absolute Gasteiger partial charge is 1.00 e. The third-order valence-corrected chi connectivity index (χ3v) is 6.56. The van der Waals surface area contributed by atoms with Gasteiger partial charge in [-0.3, -0.25) is 14.4 Å². The van der Waals surface area contributed by atoms with Gasteiger partial charge >= 0.3 is 35.5 Å². The van der Waals surface area contributed by atoms with E-state index in [-0.39, 0.29) is 55.1 Å². The molecule has 3 atom stereocenters. The van der Waals surface area contributed by atoms with Crippen LogP contribution < -0.4 is 34.9 Å². The second-order valence-electron chi connectivity index (χ2n) is 8.80. The van der Waals surface area contributed by atoms with Crippen LogP contribution in [0.2, 0.25) is 0 Å². The van der Waals surface area contributed by atoms with Crippen molar-refractivity contribution in [3.05, 3.63) is 71.8 Å². The molecular formula is C26H30N3NaO5. The van der Waals surface area contributed by atoms with Crippen LogP contribution in [0.5, 0.6) is 0 Å². The van der Waals surface area contributed by atoms with Gasteiger partial charge in [0, 0.05) is 25.1 Å². The SMILES string of the molecule is O=C(N[C@@H](Cc1ccccc1)C(=O)N1CCC[C@H]1C(=O)N1CCC[C@H]1C(=O)O)c1ccccc1.[H-].[Na+]. The van der Waals surface area contributed by atoms with E-state index in [1.54, 1.807) is 24.3 Å². The fourth-order valence-corrected chi connectivity index (χ4v) is 4.85. The number of aliphatic carboxylic acids is 1. The summed E-state index contributed by atoms with van der Waals surface area (Å²) in [5, 5.41) is 12.4. The Balaban J connectivity index is 0.00000228. The van der Waals surface area contributed by atoms with Crippen LogP contribution in [0.1, 0.15) is 43.0 Å². The summed E-state index contributed by atoms with van der Waals surface area (Å²) in [7, 11) is 0. The molecule has 180 valence electrons. The summed E-state index contributed by atoms with van der Waals surface area (Å²) in [4.78, 5) is 54.4. The molecule has 0 spiro atoms. The summed E-state index contributed by atoms with van der Waals surface area (Å²) in [6, 6.07) is 15.7. The summed E-state index contributed by atoms with van der Waals surface area (Å²) in [5.74, 6) is -2.01. The van der Waals surface area contributed by atoms with E-state index in [4.69, 9.17) is 0 Å². The minimum atomic E-state index is -1.01. The summed E-state index contributed by atoms with van der Waals surface area (Å²) in [5.41, 5.74) is 1.34. The Labute approximate surface area is 228 Å². The second kappa shape index (κ2) is 12.3. The number of rotatable bonds is 7. The summed E-state index contributed by atoms with van der Waals surface area (Å²) in [6.07, 6.45) is 2.48. The van der Waals surface area contributed by atoms with Crippen molar-refractivity contribution in [1.82, 2.24) is 15.1 Å². The maximum atomic E-state index is 13.7. The fourth-order valence-electron chi connectivity index (χ4n) is 4.85. The molecule has 2 heterocycles.